The molecule has 0 atom stereocenters. The minimum Gasteiger partial charge on any atom is -0.397 e. The number of rotatable bonds is 8. The van der Waals surface area contributed by atoms with E-state index in [1.807, 2.05) is 18.2 Å². The van der Waals surface area contributed by atoms with Crippen molar-refractivity contribution in [1.29, 1.82) is 5.26 Å². The van der Waals surface area contributed by atoms with E-state index in [1.165, 1.54) is 25.9 Å². The van der Waals surface area contributed by atoms with Crippen molar-refractivity contribution < 1.29 is 4.79 Å². The van der Waals surface area contributed by atoms with Crippen LogP contribution in [0.3, 0.4) is 0 Å². The lowest BCUT2D eigenvalue weighted by molar-refractivity contribution is 0.102. The van der Waals surface area contributed by atoms with E-state index in [4.69, 9.17) is 5.73 Å². The van der Waals surface area contributed by atoms with Crippen LogP contribution in [0, 0.1) is 11.3 Å². The number of amides is 1. The molecule has 0 aliphatic carbocycles. The van der Waals surface area contributed by atoms with Crippen molar-refractivity contribution in [3.8, 4) is 17.3 Å². The summed E-state index contributed by atoms with van der Waals surface area (Å²) in [4.78, 5) is 19.6. The minimum absolute atomic E-state index is 0.247. The number of carbonyl (C=O) groups excluding carboxylic acids is 1. The number of hydrogen-bond donors (Lipinski definition) is 3. The molecule has 0 bridgehead atoms. The molecular weight excluding hydrogens is 412 g/mol. The van der Waals surface area contributed by atoms with Gasteiger partial charge in [-0.2, -0.15) is 5.26 Å². The molecule has 0 saturated carbocycles. The number of nitrogens with two attached hydrogens (primary N) is 1. The molecule has 3 aromatic rings. The summed E-state index contributed by atoms with van der Waals surface area (Å²) < 4.78 is 0. The highest BCUT2D eigenvalue weighted by Crippen LogP contribution is 2.23. The maximum Gasteiger partial charge on any atom is 0.255 e. The van der Waals surface area contributed by atoms with E-state index in [9.17, 15) is 10.1 Å². The Balaban J connectivity index is 1.39. The lowest BCUT2D eigenvalue weighted by Crippen LogP contribution is -2.29. The number of nitrogens with zero attached hydrogens (tertiary/aromatic N) is 3. The molecular formula is C26H28N6O. The van der Waals surface area contributed by atoms with Gasteiger partial charge < -0.3 is 21.3 Å². The number of hydrogen-bond acceptors (Lipinski definition) is 6. The van der Waals surface area contributed by atoms with Gasteiger partial charge in [0.25, 0.3) is 5.91 Å². The van der Waals surface area contributed by atoms with E-state index in [-0.39, 0.29) is 5.91 Å². The van der Waals surface area contributed by atoms with E-state index < -0.39 is 0 Å². The van der Waals surface area contributed by atoms with E-state index in [1.54, 1.807) is 42.6 Å². The van der Waals surface area contributed by atoms with Crippen molar-refractivity contribution in [3.63, 3.8) is 0 Å². The van der Waals surface area contributed by atoms with Crippen molar-refractivity contribution in [2.45, 2.75) is 19.4 Å². The lowest BCUT2D eigenvalue weighted by atomic mass is 10.0. The Morgan fingerprint density at radius 3 is 2.61 bits per heavy atom. The number of carbonyl (C=O) groups is 1. The van der Waals surface area contributed by atoms with E-state index >= 15 is 0 Å². The maximum atomic E-state index is 12.5. The third-order valence-corrected chi connectivity index (χ3v) is 5.83. The highest BCUT2D eigenvalue weighted by Gasteiger charge is 2.12. The summed E-state index contributed by atoms with van der Waals surface area (Å²) in [5.74, 6) is -0.247. The molecule has 7 nitrogen and oxygen atoms in total. The van der Waals surface area contributed by atoms with Gasteiger partial charge >= 0.3 is 0 Å². The maximum absolute atomic E-state index is 12.5. The normalized spacial score (nSPS) is 13.5. The van der Waals surface area contributed by atoms with Gasteiger partial charge in [0.2, 0.25) is 0 Å². The van der Waals surface area contributed by atoms with Crippen LogP contribution in [0.15, 0.2) is 60.8 Å². The second-order valence-electron chi connectivity index (χ2n) is 8.20. The Morgan fingerprint density at radius 2 is 1.88 bits per heavy atom. The number of anilines is 2. The van der Waals surface area contributed by atoms with E-state index in [2.05, 4.69) is 26.6 Å². The van der Waals surface area contributed by atoms with Crippen LogP contribution in [0.5, 0.6) is 0 Å². The zero-order valence-corrected chi connectivity index (χ0v) is 18.6. The Kier molecular flexibility index (Phi) is 7.30. The van der Waals surface area contributed by atoms with Crippen LogP contribution >= 0.6 is 0 Å². The number of pyridine rings is 1. The predicted octanol–water partition coefficient (Wildman–Crippen LogP) is 3.64. The molecule has 0 radical (unpaired) electrons. The largest absolute Gasteiger partial charge is 0.397 e. The molecule has 0 spiro atoms. The Hall–Kier alpha value is -3.73. The van der Waals surface area contributed by atoms with Crippen LogP contribution in [0.25, 0.3) is 11.3 Å². The number of nitrogen functional groups attached to an aromatic ring is 1. The molecule has 2 aromatic carbocycles. The molecule has 1 amide bonds. The summed E-state index contributed by atoms with van der Waals surface area (Å²) in [6, 6.07) is 18.3. The number of nitrogens with one attached hydrogen (secondary N) is 2. The topological polar surface area (TPSA) is 107 Å². The van der Waals surface area contributed by atoms with Crippen molar-refractivity contribution >= 4 is 17.3 Å². The van der Waals surface area contributed by atoms with Gasteiger partial charge in [-0.15, -0.1) is 0 Å². The number of benzene rings is 2. The summed E-state index contributed by atoms with van der Waals surface area (Å²) in [5, 5.41) is 15.9. The average Bonchev–Trinajstić information content (AvgIpc) is 3.37. The van der Waals surface area contributed by atoms with Crippen molar-refractivity contribution in [1.82, 2.24) is 15.2 Å². The highest BCUT2D eigenvalue weighted by molar-refractivity contribution is 6.05. The predicted molar refractivity (Wildman–Crippen MR) is 131 cm³/mol. The van der Waals surface area contributed by atoms with E-state index in [0.29, 0.717) is 34.7 Å². The van der Waals surface area contributed by atoms with Crippen LogP contribution in [-0.4, -0.2) is 42.0 Å². The summed E-state index contributed by atoms with van der Waals surface area (Å²) in [6.07, 6.45) is 4.40. The monoisotopic (exact) mass is 440 g/mol. The van der Waals surface area contributed by atoms with Gasteiger partial charge in [0.15, 0.2) is 0 Å². The minimum atomic E-state index is -0.247. The van der Waals surface area contributed by atoms with Crippen LogP contribution in [0.4, 0.5) is 11.4 Å². The first-order chi connectivity index (χ1) is 16.1. The first kappa shape index (κ1) is 22.5. The molecule has 4 rings (SSSR count). The zero-order chi connectivity index (χ0) is 23.0. The fourth-order valence-corrected chi connectivity index (χ4v) is 3.98. The zero-order valence-electron chi connectivity index (χ0n) is 18.6. The summed E-state index contributed by atoms with van der Waals surface area (Å²) in [5.41, 5.74) is 10.4. The van der Waals surface area contributed by atoms with Crippen LogP contribution in [-0.2, 0) is 6.54 Å². The fraction of sp³-hybridized carbons (Fsp3) is 0.269. The van der Waals surface area contributed by atoms with Gasteiger partial charge in [-0.3, -0.25) is 9.78 Å². The van der Waals surface area contributed by atoms with Crippen LogP contribution in [0.2, 0.25) is 0 Å². The number of para-hydroxylation sites is 2. The van der Waals surface area contributed by atoms with Gasteiger partial charge in [-0.25, -0.2) is 0 Å². The summed E-state index contributed by atoms with van der Waals surface area (Å²) in [7, 11) is 0. The first-order valence-electron chi connectivity index (χ1n) is 11.2. The van der Waals surface area contributed by atoms with Crippen molar-refractivity contribution in [3.05, 3.63) is 77.5 Å². The molecule has 2 heterocycles. The second kappa shape index (κ2) is 10.7. The molecule has 7 heteroatoms. The smallest absolute Gasteiger partial charge is 0.255 e. The van der Waals surface area contributed by atoms with Gasteiger partial charge in [-0.1, -0.05) is 24.3 Å². The molecule has 1 aliphatic heterocycles. The molecule has 1 aliphatic rings. The fourth-order valence-electron chi connectivity index (χ4n) is 3.98. The van der Waals surface area contributed by atoms with Gasteiger partial charge in [-0.05, 0) is 61.8 Å². The van der Waals surface area contributed by atoms with Crippen molar-refractivity contribution in [2.24, 2.45) is 0 Å². The number of aromatic nitrogens is 1. The van der Waals surface area contributed by atoms with Gasteiger partial charge in [0, 0.05) is 37.0 Å². The Labute approximate surface area is 194 Å². The molecule has 168 valence electrons. The first-order valence-corrected chi connectivity index (χ1v) is 11.2. The van der Waals surface area contributed by atoms with Gasteiger partial charge in [0.1, 0.15) is 6.07 Å². The molecule has 33 heavy (non-hydrogen) atoms. The van der Waals surface area contributed by atoms with Crippen LogP contribution < -0.4 is 16.4 Å². The van der Waals surface area contributed by atoms with Crippen molar-refractivity contribution in [2.75, 3.05) is 37.2 Å². The number of nitriles is 1. The molecule has 1 aromatic heterocycles. The average molecular weight is 441 g/mol. The molecule has 1 saturated heterocycles. The summed E-state index contributed by atoms with van der Waals surface area (Å²) >= 11 is 0. The summed E-state index contributed by atoms with van der Waals surface area (Å²) in [6.45, 7) is 5.03. The van der Waals surface area contributed by atoms with Crippen LogP contribution in [0.1, 0.15) is 34.3 Å². The second-order valence-corrected chi connectivity index (χ2v) is 8.20. The lowest BCUT2D eigenvalue weighted by Gasteiger charge is -2.15. The Bertz CT molecular complexity index is 1150. The molecule has 4 N–H and O–H groups in total. The molecule has 1 fully saturated rings. The SMILES string of the molecule is N#Cc1cc(CNCCN2CCCC2)cnc1-c1ccc(C(=O)Nc2ccccc2N)cc1. The van der Waals surface area contributed by atoms with E-state index in [0.717, 1.165) is 24.2 Å². The molecule has 0 unspecified atom stereocenters. The third-order valence-electron chi connectivity index (χ3n) is 5.83. The third kappa shape index (κ3) is 5.75. The number of likely N-dealkylation sites (tertiary alicyclic amines) is 1. The van der Waals surface area contributed by atoms with Gasteiger partial charge in [0.05, 0.1) is 22.6 Å². The standard InChI is InChI=1S/C26H28N6O/c27-16-22-15-19(17-29-11-14-32-12-3-4-13-32)18-30-25(22)20-7-9-21(10-8-20)26(33)31-24-6-2-1-5-23(24)28/h1-2,5-10,15,18,29H,3-4,11-14,17,28H2,(H,31,33). The highest BCUT2D eigenvalue weighted by atomic mass is 16.1. The quantitative estimate of drug-likeness (QED) is 0.365. The Morgan fingerprint density at radius 1 is 1.12 bits per heavy atom.